The van der Waals surface area contributed by atoms with E-state index < -0.39 is 22.5 Å². The van der Waals surface area contributed by atoms with Gasteiger partial charge in [-0.3, -0.25) is 9.10 Å². The van der Waals surface area contributed by atoms with Crippen LogP contribution >= 0.6 is 11.6 Å². The molecule has 0 radical (unpaired) electrons. The number of hydrogen-bond acceptors (Lipinski definition) is 5. The Bertz CT molecular complexity index is 1570. The van der Waals surface area contributed by atoms with Crippen molar-refractivity contribution in [3.8, 4) is 5.75 Å². The van der Waals surface area contributed by atoms with Gasteiger partial charge in [-0.05, 0) is 79.1 Å². The van der Waals surface area contributed by atoms with Crippen LogP contribution in [0.3, 0.4) is 0 Å². The highest BCUT2D eigenvalue weighted by Crippen LogP contribution is 2.27. The fourth-order valence-corrected chi connectivity index (χ4v) is 5.47. The zero-order valence-electron chi connectivity index (χ0n) is 21.5. The van der Waals surface area contributed by atoms with Gasteiger partial charge in [0.15, 0.2) is 0 Å². The largest absolute Gasteiger partial charge is 0.489 e. The minimum absolute atomic E-state index is 0.0963. The average molecular weight is 562 g/mol. The third-order valence-corrected chi connectivity index (χ3v) is 8.03. The number of aryl methyl sites for hydroxylation is 2. The molecule has 0 bridgehead atoms. The molecular formula is C30H28ClN3O4S. The molecule has 0 saturated carbocycles. The summed E-state index contributed by atoms with van der Waals surface area (Å²) in [4.78, 5) is 12.9. The molecule has 0 atom stereocenters. The summed E-state index contributed by atoms with van der Waals surface area (Å²) in [7, 11) is -4.00. The van der Waals surface area contributed by atoms with Gasteiger partial charge in [-0.2, -0.15) is 5.10 Å². The molecule has 7 nitrogen and oxygen atoms in total. The Labute approximate surface area is 233 Å². The van der Waals surface area contributed by atoms with E-state index in [0.717, 1.165) is 26.6 Å². The lowest BCUT2D eigenvalue weighted by Gasteiger charge is -2.25. The third kappa shape index (κ3) is 7.25. The van der Waals surface area contributed by atoms with Crippen molar-refractivity contribution in [2.24, 2.45) is 5.10 Å². The topological polar surface area (TPSA) is 88.1 Å². The molecule has 4 aromatic carbocycles. The van der Waals surface area contributed by atoms with Crippen LogP contribution in [0.2, 0.25) is 5.02 Å². The molecular weight excluding hydrogens is 534 g/mol. The maximum atomic E-state index is 13.5. The molecule has 0 unspecified atom stereocenters. The number of nitrogens with zero attached hydrogens (tertiary/aromatic N) is 2. The smallest absolute Gasteiger partial charge is 0.264 e. The normalized spacial score (nSPS) is 11.4. The van der Waals surface area contributed by atoms with Gasteiger partial charge in [0.1, 0.15) is 18.9 Å². The Morgan fingerprint density at radius 3 is 2.36 bits per heavy atom. The Kier molecular flexibility index (Phi) is 9.01. The lowest BCUT2D eigenvalue weighted by molar-refractivity contribution is -0.119. The number of rotatable bonds is 10. The highest BCUT2D eigenvalue weighted by atomic mass is 35.5. The molecule has 4 aromatic rings. The van der Waals surface area contributed by atoms with Crippen molar-refractivity contribution < 1.29 is 17.9 Å². The number of anilines is 1. The van der Waals surface area contributed by atoms with E-state index in [1.807, 2.05) is 43.3 Å². The molecule has 39 heavy (non-hydrogen) atoms. The lowest BCUT2D eigenvalue weighted by Crippen LogP contribution is -2.40. The predicted molar refractivity (Wildman–Crippen MR) is 155 cm³/mol. The number of hydrazone groups is 1. The fraction of sp³-hybridized carbons (Fsp3) is 0.133. The van der Waals surface area contributed by atoms with Crippen LogP contribution in [-0.2, 0) is 21.4 Å². The molecule has 0 aliphatic heterocycles. The van der Waals surface area contributed by atoms with E-state index >= 15 is 0 Å². The molecule has 0 aliphatic carbocycles. The average Bonchev–Trinajstić information content (AvgIpc) is 2.94. The summed E-state index contributed by atoms with van der Waals surface area (Å²) in [6.45, 7) is 3.58. The second-order valence-electron chi connectivity index (χ2n) is 8.86. The summed E-state index contributed by atoms with van der Waals surface area (Å²) in [5, 5.41) is 4.66. The minimum atomic E-state index is -4.00. The van der Waals surface area contributed by atoms with Crippen LogP contribution < -0.4 is 14.5 Å². The number of benzene rings is 4. The molecule has 0 saturated heterocycles. The summed E-state index contributed by atoms with van der Waals surface area (Å²) in [5.41, 5.74) is 6.09. The molecule has 0 aromatic heterocycles. The van der Waals surface area contributed by atoms with Crippen molar-refractivity contribution >= 4 is 39.4 Å². The first-order chi connectivity index (χ1) is 18.7. The monoisotopic (exact) mass is 561 g/mol. The SMILES string of the molecule is Cc1ccc(C)c(N(CC(=O)N/N=C\c2ccc(OCc3ccccc3Cl)cc2)S(=O)(=O)c2ccccc2)c1. The van der Waals surface area contributed by atoms with E-state index in [-0.39, 0.29) is 4.90 Å². The third-order valence-electron chi connectivity index (χ3n) is 5.89. The van der Waals surface area contributed by atoms with Gasteiger partial charge in [-0.15, -0.1) is 0 Å². The first-order valence-corrected chi connectivity index (χ1v) is 14.0. The standard InChI is InChI=1S/C30H28ClN3O4S/c1-22-12-13-23(2)29(18-22)34(39(36,37)27-9-4-3-5-10-27)20-30(35)33-32-19-24-14-16-26(17-15-24)38-21-25-8-6-7-11-28(25)31/h3-19H,20-21H2,1-2H3,(H,33,35)/b32-19-. The Morgan fingerprint density at radius 2 is 1.64 bits per heavy atom. The number of sulfonamides is 1. The van der Waals surface area contributed by atoms with Crippen molar-refractivity contribution in [3.63, 3.8) is 0 Å². The molecule has 200 valence electrons. The number of amides is 1. The van der Waals surface area contributed by atoms with Crippen LogP contribution in [0.1, 0.15) is 22.3 Å². The maximum Gasteiger partial charge on any atom is 0.264 e. The number of halogens is 1. The molecule has 4 rings (SSSR count). The molecule has 0 fully saturated rings. The van der Waals surface area contributed by atoms with Crippen LogP contribution in [0.15, 0.2) is 107 Å². The van der Waals surface area contributed by atoms with Gasteiger partial charge in [0.2, 0.25) is 0 Å². The summed E-state index contributed by atoms with van der Waals surface area (Å²) in [6.07, 6.45) is 1.48. The number of nitrogens with one attached hydrogen (secondary N) is 1. The summed E-state index contributed by atoms with van der Waals surface area (Å²) in [6, 6.07) is 28.1. The zero-order chi connectivity index (χ0) is 27.8. The van der Waals surface area contributed by atoms with Crippen LogP contribution in [0.4, 0.5) is 5.69 Å². The Hall–Kier alpha value is -4.14. The van der Waals surface area contributed by atoms with E-state index in [4.69, 9.17) is 16.3 Å². The van der Waals surface area contributed by atoms with Gasteiger partial charge < -0.3 is 4.74 Å². The minimum Gasteiger partial charge on any atom is -0.489 e. The second kappa shape index (κ2) is 12.6. The van der Waals surface area contributed by atoms with Gasteiger partial charge in [0.05, 0.1) is 16.8 Å². The van der Waals surface area contributed by atoms with Gasteiger partial charge in [0.25, 0.3) is 15.9 Å². The van der Waals surface area contributed by atoms with E-state index in [1.165, 1.54) is 18.3 Å². The quantitative estimate of drug-likeness (QED) is 0.193. The molecule has 0 heterocycles. The number of carbonyl (C=O) groups excluding carboxylic acids is 1. The molecule has 1 N–H and O–H groups in total. The van der Waals surface area contributed by atoms with Crippen molar-refractivity contribution in [2.75, 3.05) is 10.8 Å². The summed E-state index contributed by atoms with van der Waals surface area (Å²) in [5.74, 6) is 0.0812. The van der Waals surface area contributed by atoms with Crippen LogP contribution in [0.25, 0.3) is 0 Å². The second-order valence-corrected chi connectivity index (χ2v) is 11.1. The Morgan fingerprint density at radius 1 is 0.949 bits per heavy atom. The molecule has 9 heteroatoms. The van der Waals surface area contributed by atoms with E-state index in [0.29, 0.717) is 23.1 Å². The molecule has 0 spiro atoms. The Balaban J connectivity index is 1.43. The van der Waals surface area contributed by atoms with Crippen molar-refractivity contribution in [1.82, 2.24) is 5.43 Å². The highest BCUT2D eigenvalue weighted by Gasteiger charge is 2.28. The number of carbonyl (C=O) groups is 1. The van der Waals surface area contributed by atoms with Gasteiger partial charge in [0, 0.05) is 10.6 Å². The molecule has 0 aliphatic rings. The van der Waals surface area contributed by atoms with E-state index in [9.17, 15) is 13.2 Å². The maximum absolute atomic E-state index is 13.5. The van der Waals surface area contributed by atoms with Gasteiger partial charge >= 0.3 is 0 Å². The lowest BCUT2D eigenvalue weighted by atomic mass is 10.1. The van der Waals surface area contributed by atoms with E-state index in [2.05, 4.69) is 10.5 Å². The van der Waals surface area contributed by atoms with Gasteiger partial charge in [-0.25, -0.2) is 13.8 Å². The summed E-state index contributed by atoms with van der Waals surface area (Å²) < 4.78 is 33.9. The van der Waals surface area contributed by atoms with Crippen molar-refractivity contribution in [1.29, 1.82) is 0 Å². The van der Waals surface area contributed by atoms with Gasteiger partial charge in [-0.1, -0.05) is 60.1 Å². The van der Waals surface area contributed by atoms with Crippen molar-refractivity contribution in [3.05, 3.63) is 124 Å². The van der Waals surface area contributed by atoms with Crippen LogP contribution in [0.5, 0.6) is 5.75 Å². The zero-order valence-corrected chi connectivity index (χ0v) is 23.1. The number of hydrogen-bond donors (Lipinski definition) is 1. The van der Waals surface area contributed by atoms with Crippen molar-refractivity contribution in [2.45, 2.75) is 25.3 Å². The predicted octanol–water partition coefficient (Wildman–Crippen LogP) is 5.88. The first kappa shape index (κ1) is 27.9. The van der Waals surface area contributed by atoms with E-state index in [1.54, 1.807) is 55.5 Å². The highest BCUT2D eigenvalue weighted by molar-refractivity contribution is 7.92. The summed E-state index contributed by atoms with van der Waals surface area (Å²) >= 11 is 6.17. The fourth-order valence-electron chi connectivity index (χ4n) is 3.78. The molecule has 1 amide bonds. The van der Waals surface area contributed by atoms with Crippen LogP contribution in [-0.4, -0.2) is 27.1 Å². The first-order valence-electron chi connectivity index (χ1n) is 12.2. The van der Waals surface area contributed by atoms with Crippen LogP contribution in [0, 0.1) is 13.8 Å². The number of ether oxygens (including phenoxy) is 1.